The number of urea groups is 1. The van der Waals surface area contributed by atoms with Crippen LogP contribution in [0.15, 0.2) is 60.7 Å². The van der Waals surface area contributed by atoms with Gasteiger partial charge in [-0.15, -0.1) is 0 Å². The number of amides is 2. The molecule has 0 spiro atoms. The molecule has 0 aromatic heterocycles. The Balaban J connectivity index is 1.52. The molecule has 2 N–H and O–H groups in total. The molecular weight excluding hydrogens is 352 g/mol. The van der Waals surface area contributed by atoms with Crippen LogP contribution in [-0.4, -0.2) is 26.3 Å². The fraction of sp³-hybridized carbons (Fsp3) is 0.261. The smallest absolute Gasteiger partial charge is 0.315 e. The molecule has 0 aliphatic carbocycles. The fourth-order valence-electron chi connectivity index (χ4n) is 3.22. The van der Waals surface area contributed by atoms with Crippen LogP contribution >= 0.6 is 0 Å². The number of carbonyl (C=O) groups excluding carboxylic acids is 1. The predicted molar refractivity (Wildman–Crippen MR) is 112 cm³/mol. The Kier molecular flexibility index (Phi) is 6.37. The van der Waals surface area contributed by atoms with E-state index in [0.717, 1.165) is 12.0 Å². The zero-order valence-corrected chi connectivity index (χ0v) is 16.5. The molecule has 0 heterocycles. The summed E-state index contributed by atoms with van der Waals surface area (Å²) in [4.78, 5) is 12.2. The summed E-state index contributed by atoms with van der Waals surface area (Å²) in [5.41, 5.74) is 2.14. The average Bonchev–Trinajstić information content (AvgIpc) is 2.71. The SMILES string of the molecule is COc1ccc(CNC(=O)NC(C)Cc2ccc3ccccc3c2)cc1OC. The van der Waals surface area contributed by atoms with E-state index in [1.54, 1.807) is 14.2 Å². The first kappa shape index (κ1) is 19.5. The molecule has 3 aromatic carbocycles. The maximum atomic E-state index is 12.2. The standard InChI is InChI=1S/C23H26N2O3/c1-16(12-17-8-10-19-6-4-5-7-20(19)13-17)25-23(26)24-15-18-9-11-21(27-2)22(14-18)28-3/h4-11,13-14,16H,12,15H2,1-3H3,(H2,24,25,26). The number of methoxy groups -OCH3 is 2. The van der Waals surface area contributed by atoms with E-state index in [0.29, 0.717) is 18.0 Å². The van der Waals surface area contributed by atoms with Gasteiger partial charge in [0.1, 0.15) is 0 Å². The summed E-state index contributed by atoms with van der Waals surface area (Å²) >= 11 is 0. The lowest BCUT2D eigenvalue weighted by atomic mass is 10.0. The van der Waals surface area contributed by atoms with Crippen LogP contribution in [-0.2, 0) is 13.0 Å². The number of hydrogen-bond acceptors (Lipinski definition) is 3. The summed E-state index contributed by atoms with van der Waals surface area (Å²) < 4.78 is 10.5. The first-order valence-corrected chi connectivity index (χ1v) is 9.32. The lowest BCUT2D eigenvalue weighted by Crippen LogP contribution is -2.41. The summed E-state index contributed by atoms with van der Waals surface area (Å²) in [7, 11) is 3.19. The quantitative estimate of drug-likeness (QED) is 0.645. The van der Waals surface area contributed by atoms with Gasteiger partial charge in [0.2, 0.25) is 0 Å². The summed E-state index contributed by atoms with van der Waals surface area (Å²) in [6.07, 6.45) is 0.772. The van der Waals surface area contributed by atoms with Gasteiger partial charge in [0.15, 0.2) is 11.5 Å². The van der Waals surface area contributed by atoms with Crippen LogP contribution in [0.1, 0.15) is 18.1 Å². The third-order valence-corrected chi connectivity index (χ3v) is 4.63. The molecule has 0 radical (unpaired) electrons. The van der Waals surface area contributed by atoms with Crippen LogP contribution in [0.5, 0.6) is 11.5 Å². The molecule has 1 atom stereocenters. The highest BCUT2D eigenvalue weighted by Crippen LogP contribution is 2.27. The zero-order valence-electron chi connectivity index (χ0n) is 16.5. The molecule has 3 rings (SSSR count). The van der Waals surface area contributed by atoms with E-state index in [1.807, 2.05) is 37.3 Å². The minimum absolute atomic E-state index is 0.0200. The Morgan fingerprint density at radius 3 is 2.36 bits per heavy atom. The Morgan fingerprint density at radius 2 is 1.61 bits per heavy atom. The van der Waals surface area contributed by atoms with Gasteiger partial charge in [-0.1, -0.05) is 48.5 Å². The molecular formula is C23H26N2O3. The van der Waals surface area contributed by atoms with Gasteiger partial charge in [-0.05, 0) is 47.4 Å². The van der Waals surface area contributed by atoms with E-state index in [9.17, 15) is 4.79 Å². The van der Waals surface area contributed by atoms with Gasteiger partial charge in [-0.25, -0.2) is 4.79 Å². The van der Waals surface area contributed by atoms with Crippen molar-refractivity contribution in [2.24, 2.45) is 0 Å². The molecule has 5 heteroatoms. The molecule has 0 aliphatic rings. The van der Waals surface area contributed by atoms with Crippen molar-refractivity contribution in [1.82, 2.24) is 10.6 Å². The number of hydrogen-bond donors (Lipinski definition) is 2. The molecule has 146 valence electrons. The minimum atomic E-state index is -0.192. The Morgan fingerprint density at radius 1 is 0.893 bits per heavy atom. The van der Waals surface area contributed by atoms with E-state index < -0.39 is 0 Å². The van der Waals surface area contributed by atoms with Gasteiger partial charge < -0.3 is 20.1 Å². The Hall–Kier alpha value is -3.21. The van der Waals surface area contributed by atoms with Crippen LogP contribution in [0, 0.1) is 0 Å². The maximum Gasteiger partial charge on any atom is 0.315 e. The highest BCUT2D eigenvalue weighted by molar-refractivity contribution is 5.83. The predicted octanol–water partition coefficient (Wildman–Crippen LogP) is 4.29. The van der Waals surface area contributed by atoms with Gasteiger partial charge in [0, 0.05) is 12.6 Å². The van der Waals surface area contributed by atoms with Crippen LogP contribution in [0.2, 0.25) is 0 Å². The molecule has 0 saturated carbocycles. The Bertz CT molecular complexity index is 955. The first-order chi connectivity index (χ1) is 13.6. The first-order valence-electron chi connectivity index (χ1n) is 9.32. The second-order valence-corrected chi connectivity index (χ2v) is 6.80. The topological polar surface area (TPSA) is 59.6 Å². The lowest BCUT2D eigenvalue weighted by Gasteiger charge is -2.16. The molecule has 0 saturated heterocycles. The normalized spacial score (nSPS) is 11.7. The van der Waals surface area contributed by atoms with E-state index in [2.05, 4.69) is 41.0 Å². The largest absolute Gasteiger partial charge is 0.493 e. The van der Waals surface area contributed by atoms with Gasteiger partial charge in [-0.2, -0.15) is 0 Å². The number of carbonyl (C=O) groups is 1. The molecule has 1 unspecified atom stereocenters. The van der Waals surface area contributed by atoms with Crippen LogP contribution in [0.3, 0.4) is 0 Å². The highest BCUT2D eigenvalue weighted by atomic mass is 16.5. The van der Waals surface area contributed by atoms with Gasteiger partial charge in [-0.3, -0.25) is 0 Å². The third kappa shape index (κ3) is 4.94. The molecule has 28 heavy (non-hydrogen) atoms. The molecule has 0 aliphatic heterocycles. The van der Waals surface area contributed by atoms with E-state index in [1.165, 1.54) is 16.3 Å². The summed E-state index contributed by atoms with van der Waals surface area (Å²) in [5, 5.41) is 8.31. The van der Waals surface area contributed by atoms with Crippen molar-refractivity contribution < 1.29 is 14.3 Å². The van der Waals surface area contributed by atoms with Crippen molar-refractivity contribution in [3.05, 3.63) is 71.8 Å². The van der Waals surface area contributed by atoms with E-state index in [4.69, 9.17) is 9.47 Å². The van der Waals surface area contributed by atoms with Crippen LogP contribution in [0.4, 0.5) is 4.79 Å². The van der Waals surface area contributed by atoms with Crippen LogP contribution in [0.25, 0.3) is 10.8 Å². The van der Waals surface area contributed by atoms with Crippen molar-refractivity contribution in [3.8, 4) is 11.5 Å². The monoisotopic (exact) mass is 378 g/mol. The number of benzene rings is 3. The molecule has 0 fully saturated rings. The number of rotatable bonds is 7. The van der Waals surface area contributed by atoms with E-state index >= 15 is 0 Å². The number of ether oxygens (including phenoxy) is 2. The van der Waals surface area contributed by atoms with E-state index in [-0.39, 0.29) is 12.1 Å². The van der Waals surface area contributed by atoms with Crippen molar-refractivity contribution in [3.63, 3.8) is 0 Å². The average molecular weight is 378 g/mol. The summed E-state index contributed by atoms with van der Waals surface area (Å²) in [5.74, 6) is 1.31. The van der Waals surface area contributed by atoms with Crippen molar-refractivity contribution in [2.45, 2.75) is 25.9 Å². The number of nitrogens with one attached hydrogen (secondary N) is 2. The molecule has 2 amide bonds. The zero-order chi connectivity index (χ0) is 19.9. The van der Waals surface area contributed by atoms with Crippen molar-refractivity contribution in [2.75, 3.05) is 14.2 Å². The van der Waals surface area contributed by atoms with Crippen molar-refractivity contribution >= 4 is 16.8 Å². The minimum Gasteiger partial charge on any atom is -0.493 e. The molecule has 0 bridgehead atoms. The van der Waals surface area contributed by atoms with Gasteiger partial charge >= 0.3 is 6.03 Å². The molecule has 5 nitrogen and oxygen atoms in total. The second kappa shape index (κ2) is 9.13. The maximum absolute atomic E-state index is 12.2. The van der Waals surface area contributed by atoms with Crippen LogP contribution < -0.4 is 20.1 Å². The Labute approximate surface area is 165 Å². The highest BCUT2D eigenvalue weighted by Gasteiger charge is 2.10. The summed E-state index contributed by atoms with van der Waals surface area (Å²) in [6.45, 7) is 2.42. The van der Waals surface area contributed by atoms with Crippen molar-refractivity contribution in [1.29, 1.82) is 0 Å². The van der Waals surface area contributed by atoms with Gasteiger partial charge in [0.25, 0.3) is 0 Å². The second-order valence-electron chi connectivity index (χ2n) is 6.80. The molecule has 3 aromatic rings. The summed E-state index contributed by atoms with van der Waals surface area (Å²) in [6, 6.07) is 20.1. The number of fused-ring (bicyclic) bond motifs is 1. The third-order valence-electron chi connectivity index (χ3n) is 4.63. The fourth-order valence-corrected chi connectivity index (χ4v) is 3.22. The lowest BCUT2D eigenvalue weighted by molar-refractivity contribution is 0.237. The van der Waals surface area contributed by atoms with Gasteiger partial charge in [0.05, 0.1) is 14.2 Å².